The monoisotopic (exact) mass is 601 g/mol. The predicted molar refractivity (Wildman–Crippen MR) is 189 cm³/mol. The van der Waals surface area contributed by atoms with Crippen molar-refractivity contribution in [2.75, 3.05) is 0 Å². The van der Waals surface area contributed by atoms with Gasteiger partial charge in [-0.3, -0.25) is 0 Å². The average Bonchev–Trinajstić information content (AvgIpc) is 3.62. The lowest BCUT2D eigenvalue weighted by Gasteiger charge is -2.34. The first-order chi connectivity index (χ1) is 22.5. The van der Waals surface area contributed by atoms with Gasteiger partial charge in [0.15, 0.2) is 11.7 Å². The molecule has 0 saturated carbocycles. The zero-order valence-electron chi connectivity index (χ0n) is 27.1. The van der Waals surface area contributed by atoms with Gasteiger partial charge in [0.25, 0.3) is 0 Å². The molecule has 228 valence electrons. The highest BCUT2D eigenvalue weighted by Gasteiger charge is 2.46. The van der Waals surface area contributed by atoms with Gasteiger partial charge in [-0.2, -0.15) is 4.57 Å². The van der Waals surface area contributed by atoms with E-state index in [0.717, 1.165) is 41.8 Å². The molecule has 0 saturated heterocycles. The van der Waals surface area contributed by atoms with Gasteiger partial charge in [-0.1, -0.05) is 99.6 Å². The maximum absolute atomic E-state index is 4.69. The Balaban J connectivity index is 1.28. The standard InChI is InChI=1S/C42H41N4/c1-5-8-14-31-18-20-33(21-19-31)35-25-34(32-15-10-9-11-16-32)26-36(27-35)40-29-46(44-43-40)37-22-23-38-30(4)42(6-2,7-3)45-24-13-12-17-41(45)39(38)28-37/h9-13,15-29H,4-8,14H2,1-3H3/q+1. The quantitative estimate of drug-likeness (QED) is 0.155. The van der Waals surface area contributed by atoms with Gasteiger partial charge in [0.2, 0.25) is 5.69 Å². The fourth-order valence-corrected chi connectivity index (χ4v) is 7.11. The second-order valence-electron chi connectivity index (χ2n) is 12.4. The van der Waals surface area contributed by atoms with E-state index in [0.29, 0.717) is 0 Å². The number of aromatic nitrogens is 4. The fraction of sp³-hybridized carbons (Fsp3) is 0.214. The van der Waals surface area contributed by atoms with E-state index in [1.165, 1.54) is 57.5 Å². The van der Waals surface area contributed by atoms with Gasteiger partial charge in [-0.25, -0.2) is 4.68 Å². The molecule has 0 spiro atoms. The van der Waals surface area contributed by atoms with Gasteiger partial charge in [-0.15, -0.1) is 5.10 Å². The van der Waals surface area contributed by atoms with Gasteiger partial charge in [0, 0.05) is 36.1 Å². The molecule has 4 heteroatoms. The van der Waals surface area contributed by atoms with Gasteiger partial charge >= 0.3 is 0 Å². The van der Waals surface area contributed by atoms with E-state index in [2.05, 4.69) is 153 Å². The van der Waals surface area contributed by atoms with E-state index in [-0.39, 0.29) is 5.54 Å². The number of hydrogen-bond acceptors (Lipinski definition) is 2. The molecule has 6 aromatic rings. The number of unbranched alkanes of at least 4 members (excludes halogenated alkanes) is 1. The number of aryl methyl sites for hydroxylation is 1. The third-order valence-electron chi connectivity index (χ3n) is 9.86. The lowest BCUT2D eigenvalue weighted by atomic mass is 9.75. The van der Waals surface area contributed by atoms with Crippen LogP contribution in [0.3, 0.4) is 0 Å². The molecule has 46 heavy (non-hydrogen) atoms. The second kappa shape index (κ2) is 12.4. The van der Waals surface area contributed by atoms with Crippen molar-refractivity contribution in [3.63, 3.8) is 0 Å². The summed E-state index contributed by atoms with van der Waals surface area (Å²) in [6.07, 6.45) is 9.76. The van der Waals surface area contributed by atoms with Crippen LogP contribution in [0, 0.1) is 0 Å². The van der Waals surface area contributed by atoms with Crippen molar-refractivity contribution in [3.05, 3.63) is 139 Å². The SMILES string of the molecule is C=C1c2ccc(-n3cc(-c4cc(-c5ccccc5)cc(-c5ccc(CCCC)cc5)c4)nn3)cc2-c2cccc[n+]2C1(CC)CC. The molecule has 7 rings (SSSR count). The molecular weight excluding hydrogens is 560 g/mol. The first-order valence-corrected chi connectivity index (χ1v) is 16.6. The van der Waals surface area contributed by atoms with Gasteiger partial charge in [-0.05, 0) is 82.6 Å². The Kier molecular flexibility index (Phi) is 7.96. The summed E-state index contributed by atoms with van der Waals surface area (Å²) in [5.74, 6) is 0. The van der Waals surface area contributed by atoms with E-state index < -0.39 is 0 Å². The van der Waals surface area contributed by atoms with Gasteiger partial charge in [0.1, 0.15) is 5.69 Å². The zero-order chi connectivity index (χ0) is 31.7. The number of pyridine rings is 1. The average molecular weight is 602 g/mol. The summed E-state index contributed by atoms with van der Waals surface area (Å²) in [6.45, 7) is 11.4. The van der Waals surface area contributed by atoms with Crippen molar-refractivity contribution < 1.29 is 4.57 Å². The molecule has 4 aromatic carbocycles. The van der Waals surface area contributed by atoms with Crippen LogP contribution in [0.4, 0.5) is 0 Å². The Labute approximate surface area is 272 Å². The van der Waals surface area contributed by atoms with Crippen molar-refractivity contribution >= 4 is 5.57 Å². The summed E-state index contributed by atoms with van der Waals surface area (Å²) < 4.78 is 4.31. The topological polar surface area (TPSA) is 34.6 Å². The molecule has 0 fully saturated rings. The molecule has 0 N–H and O–H groups in total. The number of benzene rings is 4. The smallest absolute Gasteiger partial charge is 0.213 e. The van der Waals surface area contributed by atoms with E-state index in [4.69, 9.17) is 5.10 Å². The summed E-state index contributed by atoms with van der Waals surface area (Å²) in [5.41, 5.74) is 13.6. The molecule has 1 aliphatic rings. The lowest BCUT2D eigenvalue weighted by Crippen LogP contribution is -2.59. The molecule has 3 heterocycles. The third-order valence-corrected chi connectivity index (χ3v) is 9.86. The van der Waals surface area contributed by atoms with Crippen molar-refractivity contribution in [2.45, 2.75) is 58.4 Å². The molecule has 0 radical (unpaired) electrons. The second-order valence-corrected chi connectivity index (χ2v) is 12.4. The molecule has 0 aliphatic carbocycles. The van der Waals surface area contributed by atoms with E-state index >= 15 is 0 Å². The lowest BCUT2D eigenvalue weighted by molar-refractivity contribution is -0.741. The molecule has 0 unspecified atom stereocenters. The minimum Gasteiger partial charge on any atom is -0.220 e. The van der Waals surface area contributed by atoms with Crippen molar-refractivity contribution in [2.24, 2.45) is 0 Å². The van der Waals surface area contributed by atoms with Crippen LogP contribution in [0.2, 0.25) is 0 Å². The van der Waals surface area contributed by atoms with Crippen molar-refractivity contribution in [3.8, 4) is 50.5 Å². The van der Waals surface area contributed by atoms with Crippen LogP contribution in [0.5, 0.6) is 0 Å². The highest BCUT2D eigenvalue weighted by molar-refractivity contribution is 5.84. The first kappa shape index (κ1) is 29.6. The summed E-state index contributed by atoms with van der Waals surface area (Å²) in [6, 6.07) is 39.4. The molecule has 0 amide bonds. The molecule has 1 aliphatic heterocycles. The number of rotatable bonds is 9. The van der Waals surface area contributed by atoms with Crippen LogP contribution in [-0.4, -0.2) is 15.0 Å². The minimum absolute atomic E-state index is 0.122. The molecular formula is C42H41N4+. The maximum atomic E-state index is 4.69. The largest absolute Gasteiger partial charge is 0.220 e. The molecule has 2 aromatic heterocycles. The normalized spacial score (nSPS) is 13.3. The summed E-state index contributed by atoms with van der Waals surface area (Å²) in [7, 11) is 0. The Hall–Kier alpha value is -5.09. The number of nitrogens with zero attached hydrogens (tertiary/aromatic N) is 4. The van der Waals surface area contributed by atoms with E-state index in [1.807, 2.05) is 10.9 Å². The van der Waals surface area contributed by atoms with Crippen LogP contribution in [0.15, 0.2) is 128 Å². The summed E-state index contributed by atoms with van der Waals surface area (Å²) in [5, 5.41) is 9.32. The van der Waals surface area contributed by atoms with E-state index in [1.54, 1.807) is 0 Å². The van der Waals surface area contributed by atoms with Crippen molar-refractivity contribution in [1.82, 2.24) is 15.0 Å². The minimum atomic E-state index is -0.122. The van der Waals surface area contributed by atoms with Crippen LogP contribution in [0.25, 0.3) is 56.0 Å². The Morgan fingerprint density at radius 1 is 0.696 bits per heavy atom. The number of fused-ring (bicyclic) bond motifs is 3. The molecule has 4 nitrogen and oxygen atoms in total. The van der Waals surface area contributed by atoms with Crippen LogP contribution >= 0.6 is 0 Å². The van der Waals surface area contributed by atoms with E-state index in [9.17, 15) is 0 Å². The van der Waals surface area contributed by atoms with Crippen molar-refractivity contribution in [1.29, 1.82) is 0 Å². The third kappa shape index (κ3) is 5.18. The summed E-state index contributed by atoms with van der Waals surface area (Å²) in [4.78, 5) is 0. The summed E-state index contributed by atoms with van der Waals surface area (Å²) >= 11 is 0. The Morgan fingerprint density at radius 3 is 2.11 bits per heavy atom. The predicted octanol–water partition coefficient (Wildman–Crippen LogP) is 10.1. The van der Waals surface area contributed by atoms with Gasteiger partial charge in [0.05, 0.1) is 17.4 Å². The zero-order valence-corrected chi connectivity index (χ0v) is 27.1. The number of allylic oxidation sites excluding steroid dienone is 1. The highest BCUT2D eigenvalue weighted by Crippen LogP contribution is 2.44. The fourth-order valence-electron chi connectivity index (χ4n) is 7.11. The Morgan fingerprint density at radius 2 is 1.39 bits per heavy atom. The maximum Gasteiger partial charge on any atom is 0.213 e. The molecule has 0 bridgehead atoms. The van der Waals surface area contributed by atoms with Gasteiger partial charge < -0.3 is 0 Å². The van der Waals surface area contributed by atoms with Crippen LogP contribution in [-0.2, 0) is 12.0 Å². The first-order valence-electron chi connectivity index (χ1n) is 16.6. The highest BCUT2D eigenvalue weighted by atomic mass is 15.4. The Bertz CT molecular complexity index is 2010. The van der Waals surface area contributed by atoms with Crippen LogP contribution in [0.1, 0.15) is 57.6 Å². The number of hydrogen-bond donors (Lipinski definition) is 0. The van der Waals surface area contributed by atoms with Crippen LogP contribution < -0.4 is 4.57 Å². The molecule has 0 atom stereocenters.